The zero-order valence-electron chi connectivity index (χ0n) is 6.41. The molecule has 60 valence electrons. The van der Waals surface area contributed by atoms with Crippen LogP contribution in [-0.4, -0.2) is 19.1 Å². The van der Waals surface area contributed by atoms with Gasteiger partial charge in [-0.2, -0.15) is 0 Å². The molecule has 11 heavy (non-hydrogen) atoms. The fourth-order valence-corrected chi connectivity index (χ4v) is 0.997. The summed E-state index contributed by atoms with van der Waals surface area (Å²) in [6.07, 6.45) is 6.28. The summed E-state index contributed by atoms with van der Waals surface area (Å²) in [5, 5.41) is 0. The van der Waals surface area contributed by atoms with Gasteiger partial charge in [0.05, 0.1) is 18.7 Å². The summed E-state index contributed by atoms with van der Waals surface area (Å²) < 4.78 is 4.54. The van der Waals surface area contributed by atoms with Gasteiger partial charge in [0, 0.05) is 0 Å². The summed E-state index contributed by atoms with van der Waals surface area (Å²) in [7, 11) is 1.36. The van der Waals surface area contributed by atoms with Crippen LogP contribution in [0.25, 0.3) is 0 Å². The van der Waals surface area contributed by atoms with Crippen molar-refractivity contribution in [3.05, 3.63) is 23.8 Å². The molecule has 0 bridgehead atoms. The van der Waals surface area contributed by atoms with E-state index in [1.54, 1.807) is 12.2 Å². The van der Waals surface area contributed by atoms with Gasteiger partial charge in [-0.05, 0) is 6.42 Å². The predicted octanol–water partition coefficient (Wildman–Crippen LogP) is 0.373. The van der Waals surface area contributed by atoms with Crippen LogP contribution in [0.3, 0.4) is 0 Å². The molecule has 0 fully saturated rings. The number of hydrogen-bond acceptors (Lipinski definition) is 3. The molecule has 0 aromatic rings. The minimum atomic E-state index is -0.332. The second kappa shape index (κ2) is 3.34. The van der Waals surface area contributed by atoms with Crippen LogP contribution in [0.4, 0.5) is 0 Å². The highest BCUT2D eigenvalue weighted by molar-refractivity contribution is 5.90. The predicted molar refractivity (Wildman–Crippen MR) is 41.8 cm³/mol. The number of ether oxygens (including phenoxy) is 1. The first-order valence-electron chi connectivity index (χ1n) is 3.46. The van der Waals surface area contributed by atoms with Crippen LogP contribution >= 0.6 is 0 Å². The lowest BCUT2D eigenvalue weighted by molar-refractivity contribution is -0.136. The van der Waals surface area contributed by atoms with Crippen molar-refractivity contribution in [3.8, 4) is 0 Å². The molecule has 0 heterocycles. The molecule has 0 saturated carbocycles. The minimum absolute atomic E-state index is 0.295. The normalized spacial score (nSPS) is 22.7. The van der Waals surface area contributed by atoms with Gasteiger partial charge in [0.15, 0.2) is 0 Å². The number of esters is 1. The smallest absolute Gasteiger partial charge is 0.335 e. The molecule has 0 aromatic carbocycles. The fourth-order valence-electron chi connectivity index (χ4n) is 0.997. The molecule has 1 aliphatic carbocycles. The Labute approximate surface area is 65.5 Å². The van der Waals surface area contributed by atoms with E-state index in [0.29, 0.717) is 5.57 Å². The summed E-state index contributed by atoms with van der Waals surface area (Å²) >= 11 is 0. The number of allylic oxidation sites excluding steroid dienone is 2. The van der Waals surface area contributed by atoms with Gasteiger partial charge in [-0.1, -0.05) is 18.2 Å². The molecule has 0 amide bonds. The highest BCUT2D eigenvalue weighted by Crippen LogP contribution is 2.10. The van der Waals surface area contributed by atoms with E-state index in [2.05, 4.69) is 4.74 Å². The lowest BCUT2D eigenvalue weighted by atomic mass is 10.0. The third-order valence-electron chi connectivity index (χ3n) is 1.60. The fraction of sp³-hybridized carbons (Fsp3) is 0.375. The lowest BCUT2D eigenvalue weighted by Crippen LogP contribution is -2.27. The van der Waals surface area contributed by atoms with Crippen molar-refractivity contribution in [2.75, 3.05) is 7.11 Å². The number of rotatable bonds is 1. The lowest BCUT2D eigenvalue weighted by Gasteiger charge is -2.12. The van der Waals surface area contributed by atoms with E-state index in [4.69, 9.17) is 5.73 Å². The zero-order chi connectivity index (χ0) is 8.27. The minimum Gasteiger partial charge on any atom is -0.466 e. The first-order valence-corrected chi connectivity index (χ1v) is 3.46. The molecule has 3 nitrogen and oxygen atoms in total. The summed E-state index contributed by atoms with van der Waals surface area (Å²) in [6.45, 7) is 0. The molecule has 1 unspecified atom stereocenters. The maximum Gasteiger partial charge on any atom is 0.335 e. The van der Waals surface area contributed by atoms with Crippen molar-refractivity contribution >= 4 is 5.97 Å². The van der Waals surface area contributed by atoms with E-state index >= 15 is 0 Å². The van der Waals surface area contributed by atoms with Crippen LogP contribution in [0.1, 0.15) is 6.42 Å². The van der Waals surface area contributed by atoms with Crippen LogP contribution in [0.15, 0.2) is 23.8 Å². The van der Waals surface area contributed by atoms with E-state index in [1.807, 2.05) is 6.08 Å². The van der Waals surface area contributed by atoms with E-state index < -0.39 is 0 Å². The van der Waals surface area contributed by atoms with E-state index in [1.165, 1.54) is 7.11 Å². The number of methoxy groups -OCH3 is 1. The van der Waals surface area contributed by atoms with Crippen LogP contribution < -0.4 is 5.73 Å². The van der Waals surface area contributed by atoms with E-state index in [0.717, 1.165) is 6.42 Å². The molecule has 1 atom stereocenters. The van der Waals surface area contributed by atoms with Gasteiger partial charge < -0.3 is 10.5 Å². The zero-order valence-corrected chi connectivity index (χ0v) is 6.41. The summed E-state index contributed by atoms with van der Waals surface area (Å²) in [6, 6.07) is -0.295. The molecule has 0 radical (unpaired) electrons. The number of hydrogen-bond donors (Lipinski definition) is 1. The van der Waals surface area contributed by atoms with Crippen LogP contribution in [0, 0.1) is 0 Å². The molecule has 3 heteroatoms. The molecule has 0 aromatic heterocycles. The van der Waals surface area contributed by atoms with E-state index in [-0.39, 0.29) is 12.0 Å². The second-order valence-electron chi connectivity index (χ2n) is 2.34. The Hall–Kier alpha value is -1.09. The van der Waals surface area contributed by atoms with Crippen molar-refractivity contribution in [2.45, 2.75) is 12.5 Å². The van der Waals surface area contributed by atoms with Crippen LogP contribution in [0.2, 0.25) is 0 Å². The number of carbonyl (C=O) groups excluding carboxylic acids is 1. The molecule has 1 aliphatic rings. The summed E-state index contributed by atoms with van der Waals surface area (Å²) in [4.78, 5) is 11.0. The molecule has 0 saturated heterocycles. The average Bonchev–Trinajstić information content (AvgIpc) is 2.04. The van der Waals surface area contributed by atoms with Crippen molar-refractivity contribution in [1.29, 1.82) is 0 Å². The summed E-state index contributed by atoms with van der Waals surface area (Å²) in [5.41, 5.74) is 6.15. The van der Waals surface area contributed by atoms with Gasteiger partial charge in [-0.15, -0.1) is 0 Å². The highest BCUT2D eigenvalue weighted by atomic mass is 16.5. The third kappa shape index (κ3) is 1.68. The van der Waals surface area contributed by atoms with Gasteiger partial charge in [0.2, 0.25) is 0 Å². The van der Waals surface area contributed by atoms with Crippen molar-refractivity contribution in [3.63, 3.8) is 0 Å². The molecule has 1 rings (SSSR count). The Balaban J connectivity index is 2.71. The van der Waals surface area contributed by atoms with Gasteiger partial charge in [-0.3, -0.25) is 0 Å². The van der Waals surface area contributed by atoms with Crippen LogP contribution in [0.5, 0.6) is 0 Å². The second-order valence-corrected chi connectivity index (χ2v) is 2.34. The van der Waals surface area contributed by atoms with Crippen molar-refractivity contribution in [1.82, 2.24) is 0 Å². The molecular formula is C8H11NO2. The van der Waals surface area contributed by atoms with Gasteiger partial charge in [0.25, 0.3) is 0 Å². The number of carbonyl (C=O) groups is 1. The van der Waals surface area contributed by atoms with Gasteiger partial charge >= 0.3 is 5.97 Å². The average molecular weight is 153 g/mol. The SMILES string of the molecule is COC(=O)C1=CCC=CC1N. The van der Waals surface area contributed by atoms with Crippen LogP contribution in [-0.2, 0) is 9.53 Å². The topological polar surface area (TPSA) is 52.3 Å². The molecule has 2 N–H and O–H groups in total. The molecule has 0 spiro atoms. The Morgan fingerprint density at radius 2 is 2.55 bits per heavy atom. The highest BCUT2D eigenvalue weighted by Gasteiger charge is 2.16. The Kier molecular flexibility index (Phi) is 2.44. The van der Waals surface area contributed by atoms with Crippen molar-refractivity contribution in [2.24, 2.45) is 5.73 Å². The number of nitrogens with two attached hydrogens (primary N) is 1. The maximum absolute atomic E-state index is 11.0. The quantitative estimate of drug-likeness (QED) is 0.437. The maximum atomic E-state index is 11.0. The van der Waals surface area contributed by atoms with E-state index in [9.17, 15) is 4.79 Å². The van der Waals surface area contributed by atoms with Crippen molar-refractivity contribution < 1.29 is 9.53 Å². The monoisotopic (exact) mass is 153 g/mol. The molecular weight excluding hydrogens is 142 g/mol. The van der Waals surface area contributed by atoms with Gasteiger partial charge in [-0.25, -0.2) is 4.79 Å². The molecule has 0 aliphatic heterocycles. The Morgan fingerprint density at radius 3 is 3.09 bits per heavy atom. The largest absolute Gasteiger partial charge is 0.466 e. The first-order chi connectivity index (χ1) is 5.25. The summed E-state index contributed by atoms with van der Waals surface area (Å²) in [5.74, 6) is -0.332. The Morgan fingerprint density at radius 1 is 1.82 bits per heavy atom. The standard InChI is InChI=1S/C8H11NO2/c1-11-8(10)6-4-2-3-5-7(6)9/h3-5,7H,2,9H2,1H3. The Bertz CT molecular complexity index is 218. The first kappa shape index (κ1) is 8.01. The van der Waals surface area contributed by atoms with Gasteiger partial charge in [0.1, 0.15) is 0 Å². The third-order valence-corrected chi connectivity index (χ3v) is 1.60.